The monoisotopic (exact) mass is 335 g/mol. The maximum Gasteiger partial charge on any atom is 0.348 e. The maximum atomic E-state index is 13.4. The van der Waals surface area contributed by atoms with Crippen molar-refractivity contribution in [1.82, 2.24) is 5.32 Å². The second kappa shape index (κ2) is 7.87. The van der Waals surface area contributed by atoms with E-state index >= 15 is 0 Å². The van der Waals surface area contributed by atoms with Crippen molar-refractivity contribution >= 4 is 23.2 Å². The van der Waals surface area contributed by atoms with Crippen LogP contribution >= 0.6 is 11.3 Å². The Morgan fingerprint density at radius 1 is 1.30 bits per heavy atom. The molecule has 0 atom stereocenters. The summed E-state index contributed by atoms with van der Waals surface area (Å²) in [5.41, 5.74) is 1.43. The van der Waals surface area contributed by atoms with Gasteiger partial charge in [0.1, 0.15) is 10.7 Å². The quantitative estimate of drug-likeness (QED) is 0.825. The Balaban J connectivity index is 1.82. The number of halogens is 1. The van der Waals surface area contributed by atoms with Crippen LogP contribution < -0.4 is 5.32 Å². The molecule has 6 heteroatoms. The van der Waals surface area contributed by atoms with E-state index in [1.165, 1.54) is 17.4 Å². The zero-order chi connectivity index (χ0) is 16.8. The van der Waals surface area contributed by atoms with E-state index in [9.17, 15) is 14.0 Å². The van der Waals surface area contributed by atoms with E-state index < -0.39 is 11.9 Å². The molecule has 1 aromatic heterocycles. The van der Waals surface area contributed by atoms with Gasteiger partial charge in [-0.3, -0.25) is 4.79 Å². The Hall–Kier alpha value is -2.21. The lowest BCUT2D eigenvalue weighted by molar-refractivity contribution is -0.124. The minimum absolute atomic E-state index is 0.0567. The van der Waals surface area contributed by atoms with Crippen LogP contribution in [0.15, 0.2) is 30.3 Å². The topological polar surface area (TPSA) is 55.4 Å². The third-order valence-electron chi connectivity index (χ3n) is 3.31. The number of ether oxygens (including phenoxy) is 1. The standard InChI is InChI=1S/C17H18FNO3S/c1-3-14-11(2)8-15(23-14)17(21)22-10-16(20)19-9-12-6-4-5-7-13(12)18/h4-8H,3,9-10H2,1-2H3,(H,19,20). The molecule has 4 nitrogen and oxygen atoms in total. The minimum atomic E-state index is -0.515. The number of nitrogens with one attached hydrogen (secondary N) is 1. The molecular formula is C17H18FNO3S. The van der Waals surface area contributed by atoms with E-state index in [1.54, 1.807) is 24.3 Å². The van der Waals surface area contributed by atoms with Crippen LogP contribution in [-0.4, -0.2) is 18.5 Å². The number of esters is 1. The highest BCUT2D eigenvalue weighted by Gasteiger charge is 2.14. The van der Waals surface area contributed by atoms with E-state index in [4.69, 9.17) is 4.74 Å². The fourth-order valence-corrected chi connectivity index (χ4v) is 3.07. The summed E-state index contributed by atoms with van der Waals surface area (Å²) in [6.45, 7) is 3.63. The Labute approximate surface area is 138 Å². The maximum absolute atomic E-state index is 13.4. The summed E-state index contributed by atoms with van der Waals surface area (Å²) in [6.07, 6.45) is 0.854. The third-order valence-corrected chi connectivity index (χ3v) is 4.67. The molecule has 1 N–H and O–H groups in total. The van der Waals surface area contributed by atoms with Crippen LogP contribution in [0, 0.1) is 12.7 Å². The number of hydrogen-bond acceptors (Lipinski definition) is 4. The first kappa shape index (κ1) is 17.1. The molecule has 2 rings (SSSR count). The molecular weight excluding hydrogens is 317 g/mol. The molecule has 122 valence electrons. The fraction of sp³-hybridized carbons (Fsp3) is 0.294. The summed E-state index contributed by atoms with van der Waals surface area (Å²) in [7, 11) is 0. The lowest BCUT2D eigenvalue weighted by atomic mass is 10.2. The van der Waals surface area contributed by atoms with E-state index in [-0.39, 0.29) is 19.0 Å². The van der Waals surface area contributed by atoms with Gasteiger partial charge in [-0.15, -0.1) is 11.3 Å². The Bertz CT molecular complexity index is 712. The van der Waals surface area contributed by atoms with Gasteiger partial charge in [0.05, 0.1) is 0 Å². The summed E-state index contributed by atoms with van der Waals surface area (Å²) in [6, 6.07) is 7.95. The molecule has 0 fully saturated rings. The average molecular weight is 335 g/mol. The van der Waals surface area contributed by atoms with Gasteiger partial charge >= 0.3 is 5.97 Å². The molecule has 0 bridgehead atoms. The number of hydrogen-bond donors (Lipinski definition) is 1. The highest BCUT2D eigenvalue weighted by atomic mass is 32.1. The molecule has 1 amide bonds. The minimum Gasteiger partial charge on any atom is -0.451 e. The van der Waals surface area contributed by atoms with Crippen molar-refractivity contribution in [3.63, 3.8) is 0 Å². The van der Waals surface area contributed by atoms with Gasteiger partial charge in [0, 0.05) is 17.0 Å². The van der Waals surface area contributed by atoms with Crippen molar-refractivity contribution in [1.29, 1.82) is 0 Å². The van der Waals surface area contributed by atoms with E-state index in [0.717, 1.165) is 16.9 Å². The number of thiophene rings is 1. The molecule has 0 saturated carbocycles. The van der Waals surface area contributed by atoms with Crippen LogP contribution in [0.4, 0.5) is 4.39 Å². The van der Waals surface area contributed by atoms with Gasteiger partial charge in [-0.1, -0.05) is 25.1 Å². The number of carbonyl (C=O) groups excluding carboxylic acids is 2. The zero-order valence-electron chi connectivity index (χ0n) is 13.0. The smallest absolute Gasteiger partial charge is 0.348 e. The van der Waals surface area contributed by atoms with E-state index in [1.807, 2.05) is 13.8 Å². The van der Waals surface area contributed by atoms with Crippen LogP contribution in [0.25, 0.3) is 0 Å². The van der Waals surface area contributed by atoms with Crippen LogP contribution in [0.2, 0.25) is 0 Å². The van der Waals surface area contributed by atoms with Crippen LogP contribution in [0.5, 0.6) is 0 Å². The van der Waals surface area contributed by atoms with Gasteiger partial charge in [-0.25, -0.2) is 9.18 Å². The molecule has 2 aromatic rings. The molecule has 23 heavy (non-hydrogen) atoms. The Morgan fingerprint density at radius 3 is 2.70 bits per heavy atom. The van der Waals surface area contributed by atoms with E-state index in [2.05, 4.69) is 5.32 Å². The number of aryl methyl sites for hydroxylation is 2. The van der Waals surface area contributed by atoms with Gasteiger partial charge in [0.25, 0.3) is 5.91 Å². The summed E-state index contributed by atoms with van der Waals surface area (Å²) in [5.74, 6) is -1.37. The van der Waals surface area contributed by atoms with Crippen molar-refractivity contribution in [2.45, 2.75) is 26.8 Å². The normalized spacial score (nSPS) is 10.4. The summed E-state index contributed by atoms with van der Waals surface area (Å²) in [5, 5.41) is 2.52. The number of benzene rings is 1. The van der Waals surface area contributed by atoms with Crippen molar-refractivity contribution < 1.29 is 18.7 Å². The Morgan fingerprint density at radius 2 is 2.04 bits per heavy atom. The highest BCUT2D eigenvalue weighted by molar-refractivity contribution is 7.14. The van der Waals surface area contributed by atoms with Crippen molar-refractivity contribution in [2.24, 2.45) is 0 Å². The molecule has 0 spiro atoms. The fourth-order valence-electron chi connectivity index (χ4n) is 2.06. The first-order valence-electron chi connectivity index (χ1n) is 7.27. The lowest BCUT2D eigenvalue weighted by Gasteiger charge is -2.06. The van der Waals surface area contributed by atoms with Gasteiger partial charge < -0.3 is 10.1 Å². The van der Waals surface area contributed by atoms with Crippen molar-refractivity contribution in [2.75, 3.05) is 6.61 Å². The molecule has 0 aliphatic heterocycles. The first-order valence-corrected chi connectivity index (χ1v) is 8.09. The Kier molecular flexibility index (Phi) is 5.87. The van der Waals surface area contributed by atoms with Gasteiger partial charge in [-0.2, -0.15) is 0 Å². The van der Waals surface area contributed by atoms with Gasteiger partial charge in [0.15, 0.2) is 6.61 Å². The summed E-state index contributed by atoms with van der Waals surface area (Å²) in [4.78, 5) is 25.2. The number of carbonyl (C=O) groups is 2. The number of amides is 1. The van der Waals surface area contributed by atoms with Gasteiger partial charge in [-0.05, 0) is 31.0 Å². The molecule has 0 radical (unpaired) electrons. The van der Waals surface area contributed by atoms with Crippen LogP contribution in [0.3, 0.4) is 0 Å². The molecule has 1 heterocycles. The SMILES string of the molecule is CCc1sc(C(=O)OCC(=O)NCc2ccccc2F)cc1C. The molecule has 0 aliphatic carbocycles. The molecule has 1 aromatic carbocycles. The van der Waals surface area contributed by atoms with Crippen LogP contribution in [0.1, 0.15) is 32.6 Å². The number of rotatable bonds is 6. The molecule has 0 unspecified atom stereocenters. The van der Waals surface area contributed by atoms with Gasteiger partial charge in [0.2, 0.25) is 0 Å². The van der Waals surface area contributed by atoms with Crippen LogP contribution in [-0.2, 0) is 22.5 Å². The first-order chi connectivity index (χ1) is 11.0. The molecule has 0 aliphatic rings. The second-order valence-electron chi connectivity index (χ2n) is 5.01. The second-order valence-corrected chi connectivity index (χ2v) is 6.15. The molecule has 0 saturated heterocycles. The highest BCUT2D eigenvalue weighted by Crippen LogP contribution is 2.22. The van der Waals surface area contributed by atoms with E-state index in [0.29, 0.717) is 10.4 Å². The average Bonchev–Trinajstić information content (AvgIpc) is 2.93. The summed E-state index contributed by atoms with van der Waals surface area (Å²) >= 11 is 1.38. The van der Waals surface area contributed by atoms with Crippen molar-refractivity contribution in [3.05, 3.63) is 57.0 Å². The third kappa shape index (κ3) is 4.63. The van der Waals surface area contributed by atoms with Crippen molar-refractivity contribution in [3.8, 4) is 0 Å². The summed E-state index contributed by atoms with van der Waals surface area (Å²) < 4.78 is 18.4. The predicted molar refractivity (Wildman–Crippen MR) is 87.0 cm³/mol. The zero-order valence-corrected chi connectivity index (χ0v) is 13.8. The largest absolute Gasteiger partial charge is 0.451 e. The lowest BCUT2D eigenvalue weighted by Crippen LogP contribution is -2.28. The predicted octanol–water partition coefficient (Wildman–Crippen LogP) is 3.23.